The Hall–Kier alpha value is -4.07. The van der Waals surface area contributed by atoms with Gasteiger partial charge in [-0.05, 0) is 55.2 Å². The molecule has 0 bridgehead atoms. The Morgan fingerprint density at radius 1 is 1.11 bits per heavy atom. The number of nitrogens with zero attached hydrogens (tertiary/aromatic N) is 3. The van der Waals surface area contributed by atoms with Crippen molar-refractivity contribution in [2.24, 2.45) is 5.41 Å². The number of aromatic amines is 1. The Balaban J connectivity index is 1.27. The third kappa shape index (κ3) is 4.84. The van der Waals surface area contributed by atoms with Crippen molar-refractivity contribution in [1.82, 2.24) is 19.9 Å². The van der Waals surface area contributed by atoms with Crippen molar-refractivity contribution in [3.8, 4) is 17.1 Å². The molecule has 5 rings (SSSR count). The number of carbonyl (C=O) groups excluding carboxylic acids is 1. The lowest BCUT2D eigenvalue weighted by molar-refractivity contribution is -0.144. The van der Waals surface area contributed by atoms with Crippen LogP contribution in [0.5, 0.6) is 5.88 Å². The minimum Gasteiger partial charge on any atom is -0.481 e. The van der Waals surface area contributed by atoms with Crippen LogP contribution in [0.25, 0.3) is 22.4 Å². The van der Waals surface area contributed by atoms with E-state index in [1.165, 1.54) is 11.1 Å². The molecule has 0 unspecified atom stereocenters. The van der Waals surface area contributed by atoms with E-state index < -0.39 is 11.4 Å². The number of hydrogen-bond acceptors (Lipinski definition) is 6. The number of aliphatic carboxylic acids is 1. The second kappa shape index (κ2) is 9.89. The van der Waals surface area contributed by atoms with Crippen molar-refractivity contribution < 1.29 is 19.4 Å². The summed E-state index contributed by atoms with van der Waals surface area (Å²) >= 11 is 0. The van der Waals surface area contributed by atoms with Crippen LogP contribution >= 0.6 is 0 Å². The molecule has 1 fully saturated rings. The van der Waals surface area contributed by atoms with Gasteiger partial charge in [-0.3, -0.25) is 9.59 Å². The lowest BCUT2D eigenvalue weighted by Gasteiger charge is -2.11. The Bertz CT molecular complexity index is 1330. The van der Waals surface area contributed by atoms with Crippen LogP contribution in [0.2, 0.25) is 0 Å². The summed E-state index contributed by atoms with van der Waals surface area (Å²) in [5.41, 5.74) is 6.26. The molecule has 2 aliphatic carbocycles. The second-order valence-corrected chi connectivity index (χ2v) is 9.37. The molecule has 2 aromatic heterocycles. The van der Waals surface area contributed by atoms with E-state index in [0.717, 1.165) is 60.3 Å². The molecular weight excluding hydrogens is 456 g/mol. The highest BCUT2D eigenvalue weighted by Gasteiger charge is 2.51. The molecule has 36 heavy (non-hydrogen) atoms. The fourth-order valence-corrected chi connectivity index (χ4v) is 4.49. The molecule has 2 aliphatic rings. The lowest BCUT2D eigenvalue weighted by atomic mass is 10.00. The molecule has 8 nitrogen and oxygen atoms in total. The van der Waals surface area contributed by atoms with Crippen LogP contribution in [0.4, 0.5) is 0 Å². The van der Waals surface area contributed by atoms with E-state index in [1.807, 2.05) is 18.3 Å². The lowest BCUT2D eigenvalue weighted by Crippen LogP contribution is -2.23. The number of carboxylic acid groups (broad SMARTS) is 1. The number of rotatable bonds is 9. The normalized spacial score (nSPS) is 16.8. The zero-order chi connectivity index (χ0) is 25.1. The summed E-state index contributed by atoms with van der Waals surface area (Å²) in [6.45, 7) is 2.28. The maximum Gasteiger partial charge on any atom is 0.313 e. The monoisotopic (exact) mass is 484 g/mol. The molecule has 2 heterocycles. The summed E-state index contributed by atoms with van der Waals surface area (Å²) in [4.78, 5) is 39.3. The molecule has 0 atom stereocenters. The van der Waals surface area contributed by atoms with Crippen LogP contribution in [0.1, 0.15) is 67.3 Å². The minimum absolute atomic E-state index is 0.124. The Kier molecular flexibility index (Phi) is 6.50. The second-order valence-electron chi connectivity index (χ2n) is 9.37. The topological polar surface area (TPSA) is 118 Å². The highest BCUT2D eigenvalue weighted by atomic mass is 16.5. The van der Waals surface area contributed by atoms with Crippen molar-refractivity contribution in [1.29, 1.82) is 0 Å². The van der Waals surface area contributed by atoms with E-state index in [0.29, 0.717) is 24.3 Å². The maximum absolute atomic E-state index is 11.3. The van der Waals surface area contributed by atoms with Gasteiger partial charge in [0.2, 0.25) is 5.88 Å². The summed E-state index contributed by atoms with van der Waals surface area (Å²) in [5, 5.41) is 9.30. The van der Waals surface area contributed by atoms with Crippen LogP contribution < -0.4 is 4.74 Å². The first kappa shape index (κ1) is 23.7. The smallest absolute Gasteiger partial charge is 0.313 e. The van der Waals surface area contributed by atoms with Gasteiger partial charge in [0.1, 0.15) is 24.1 Å². The number of imidazole rings is 1. The van der Waals surface area contributed by atoms with E-state index in [2.05, 4.69) is 32.9 Å². The van der Waals surface area contributed by atoms with E-state index in [-0.39, 0.29) is 6.61 Å². The zero-order valence-electron chi connectivity index (χ0n) is 20.2. The first-order valence-corrected chi connectivity index (χ1v) is 12.2. The summed E-state index contributed by atoms with van der Waals surface area (Å²) in [6, 6.07) is 7.44. The van der Waals surface area contributed by atoms with E-state index >= 15 is 0 Å². The summed E-state index contributed by atoms with van der Waals surface area (Å²) in [6.07, 6.45) is 12.8. The van der Waals surface area contributed by atoms with Gasteiger partial charge in [0.05, 0.1) is 30.0 Å². The molecule has 0 radical (unpaired) electrons. The van der Waals surface area contributed by atoms with Crippen molar-refractivity contribution >= 4 is 23.4 Å². The van der Waals surface area contributed by atoms with Crippen molar-refractivity contribution in [2.45, 2.75) is 45.4 Å². The number of aldehydes is 1. The van der Waals surface area contributed by atoms with Gasteiger partial charge in [0, 0.05) is 5.56 Å². The minimum atomic E-state index is -0.815. The molecular formula is C28H28N4O4. The van der Waals surface area contributed by atoms with Crippen LogP contribution in [0.3, 0.4) is 0 Å². The van der Waals surface area contributed by atoms with Gasteiger partial charge in [-0.15, -0.1) is 0 Å². The van der Waals surface area contributed by atoms with E-state index in [4.69, 9.17) is 4.74 Å². The molecule has 184 valence electrons. The number of allylic oxidation sites excluding steroid dienone is 4. The highest BCUT2D eigenvalue weighted by molar-refractivity contribution is 5.78. The van der Waals surface area contributed by atoms with Gasteiger partial charge in [-0.25, -0.2) is 15.0 Å². The van der Waals surface area contributed by atoms with Crippen LogP contribution in [-0.2, 0) is 4.79 Å². The summed E-state index contributed by atoms with van der Waals surface area (Å²) in [5.74, 6) is 0.404. The number of benzene rings is 1. The quantitative estimate of drug-likeness (QED) is 0.393. The predicted octanol–water partition coefficient (Wildman–Crippen LogP) is 5.35. The highest BCUT2D eigenvalue weighted by Crippen LogP contribution is 2.46. The van der Waals surface area contributed by atoms with Gasteiger partial charge in [-0.1, -0.05) is 42.8 Å². The fraction of sp³-hybridized carbons (Fsp3) is 0.321. The molecule has 1 saturated carbocycles. The largest absolute Gasteiger partial charge is 0.481 e. The van der Waals surface area contributed by atoms with E-state index in [9.17, 15) is 14.7 Å². The fourth-order valence-electron chi connectivity index (χ4n) is 4.49. The van der Waals surface area contributed by atoms with Crippen LogP contribution in [0.15, 0.2) is 54.5 Å². The summed E-state index contributed by atoms with van der Waals surface area (Å²) < 4.78 is 5.61. The molecule has 0 saturated heterocycles. The molecule has 3 aromatic rings. The number of aromatic nitrogens is 4. The van der Waals surface area contributed by atoms with Gasteiger partial charge in [-0.2, -0.15) is 0 Å². The third-order valence-corrected chi connectivity index (χ3v) is 7.07. The van der Waals surface area contributed by atoms with Crippen molar-refractivity contribution in [2.75, 3.05) is 6.61 Å². The number of H-pyrrole nitrogens is 1. The van der Waals surface area contributed by atoms with Crippen LogP contribution in [0, 0.1) is 5.41 Å². The third-order valence-electron chi connectivity index (χ3n) is 7.07. The molecule has 0 spiro atoms. The van der Waals surface area contributed by atoms with Crippen molar-refractivity contribution in [3.05, 3.63) is 71.6 Å². The molecule has 1 aromatic carbocycles. The maximum atomic E-state index is 11.3. The van der Waals surface area contributed by atoms with Gasteiger partial charge in [0.15, 0.2) is 0 Å². The predicted molar refractivity (Wildman–Crippen MR) is 135 cm³/mol. The number of ether oxygens (including phenoxy) is 1. The van der Waals surface area contributed by atoms with Crippen LogP contribution in [-0.4, -0.2) is 43.9 Å². The average Bonchev–Trinajstić information content (AvgIpc) is 3.62. The average molecular weight is 485 g/mol. The van der Waals surface area contributed by atoms with Gasteiger partial charge in [0.25, 0.3) is 0 Å². The molecule has 2 N–H and O–H groups in total. The van der Waals surface area contributed by atoms with Crippen molar-refractivity contribution in [3.63, 3.8) is 0 Å². The first-order chi connectivity index (χ1) is 17.5. The standard InChI is InChI=1S/C28H28N4O4/c1-2-19-7-8-20(23-13-30-25(15-29-23)36-17-28(11-12-28)27(34)35)9-10-22(19)26-31-14-24(32-26)21-5-3-18(16-33)4-6-21/h3-6,8,13-16H,2,7,9-12,17H2,1H3,(H,31,32)(H,34,35). The number of hydrogen-bond donors (Lipinski definition) is 2. The number of carboxylic acids is 1. The Morgan fingerprint density at radius 3 is 2.56 bits per heavy atom. The first-order valence-electron chi connectivity index (χ1n) is 12.2. The molecule has 8 heteroatoms. The van der Waals surface area contributed by atoms with Gasteiger partial charge < -0.3 is 14.8 Å². The number of nitrogens with one attached hydrogen (secondary N) is 1. The molecule has 0 aliphatic heterocycles. The number of carbonyl (C=O) groups is 2. The Morgan fingerprint density at radius 2 is 1.92 bits per heavy atom. The Labute approximate surface area is 209 Å². The SMILES string of the molecule is CCC1=C(c2ncc(-c3ccc(C=O)cc3)[nH]2)CCC(c2cnc(OCC3(C(=O)O)CC3)cn2)=CC1. The summed E-state index contributed by atoms with van der Waals surface area (Å²) in [7, 11) is 0. The van der Waals surface area contributed by atoms with E-state index in [1.54, 1.807) is 24.5 Å². The molecule has 0 amide bonds. The van der Waals surface area contributed by atoms with Gasteiger partial charge >= 0.3 is 5.97 Å². The zero-order valence-corrected chi connectivity index (χ0v) is 20.2.